The molecule has 0 atom stereocenters. The lowest BCUT2D eigenvalue weighted by atomic mass is 9.79. The van der Waals surface area contributed by atoms with Crippen molar-refractivity contribution in [3.63, 3.8) is 0 Å². The predicted octanol–water partition coefficient (Wildman–Crippen LogP) is 2.02. The summed E-state index contributed by atoms with van der Waals surface area (Å²) in [6, 6.07) is 0.181. The molecule has 2 aromatic rings. The van der Waals surface area contributed by atoms with Gasteiger partial charge in [0.25, 0.3) is 0 Å². The number of aryl methyl sites for hydroxylation is 1. The van der Waals surface area contributed by atoms with Crippen LogP contribution in [0.1, 0.15) is 50.0 Å². The van der Waals surface area contributed by atoms with E-state index in [4.69, 9.17) is 11.5 Å². The van der Waals surface area contributed by atoms with E-state index < -0.39 is 11.4 Å². The first-order valence-corrected chi connectivity index (χ1v) is 9.05. The highest BCUT2D eigenvalue weighted by Crippen LogP contribution is 2.37. The molecule has 2 saturated carbocycles. The van der Waals surface area contributed by atoms with E-state index in [9.17, 15) is 4.39 Å². The molecule has 4 rings (SSSR count). The van der Waals surface area contributed by atoms with Gasteiger partial charge in [0, 0.05) is 24.3 Å². The van der Waals surface area contributed by atoms with Crippen LogP contribution in [0.5, 0.6) is 0 Å². The number of halogens is 1. The van der Waals surface area contributed by atoms with Crippen LogP contribution in [0.4, 0.5) is 4.39 Å². The molecule has 0 unspecified atom stereocenters. The molecule has 0 saturated heterocycles. The minimum absolute atomic E-state index is 0.181. The molecular formula is C18H25FN6. The number of rotatable bonds is 4. The van der Waals surface area contributed by atoms with Gasteiger partial charge in [-0.2, -0.15) is 5.10 Å². The third kappa shape index (κ3) is 3.18. The molecule has 0 amide bonds. The van der Waals surface area contributed by atoms with E-state index in [-0.39, 0.29) is 6.04 Å². The fraction of sp³-hybridized carbons (Fsp3) is 0.611. The van der Waals surface area contributed by atoms with Crippen molar-refractivity contribution < 1.29 is 4.39 Å². The average molecular weight is 344 g/mol. The Balaban J connectivity index is 1.71. The van der Waals surface area contributed by atoms with Crippen molar-refractivity contribution in [2.24, 2.45) is 24.4 Å². The molecule has 0 spiro atoms. The minimum Gasteiger partial charge on any atom is -0.328 e. The van der Waals surface area contributed by atoms with Gasteiger partial charge in [0.1, 0.15) is 11.5 Å². The van der Waals surface area contributed by atoms with Crippen molar-refractivity contribution in [3.05, 3.63) is 29.7 Å². The van der Waals surface area contributed by atoms with E-state index >= 15 is 0 Å². The third-order valence-corrected chi connectivity index (χ3v) is 5.61. The molecule has 134 valence electrons. The van der Waals surface area contributed by atoms with Crippen LogP contribution in [0.3, 0.4) is 0 Å². The lowest BCUT2D eigenvalue weighted by Gasteiger charge is -2.34. The maximum Gasteiger partial charge on any atom is 0.167 e. The molecule has 0 radical (unpaired) electrons. The van der Waals surface area contributed by atoms with Crippen LogP contribution in [0.15, 0.2) is 12.4 Å². The Morgan fingerprint density at radius 2 is 1.96 bits per heavy atom. The molecule has 0 aliphatic heterocycles. The highest BCUT2D eigenvalue weighted by molar-refractivity contribution is 5.62. The first-order valence-electron chi connectivity index (χ1n) is 9.05. The lowest BCUT2D eigenvalue weighted by Crippen LogP contribution is -2.45. The van der Waals surface area contributed by atoms with Gasteiger partial charge in [-0.25, -0.2) is 14.4 Å². The Hall–Kier alpha value is -1.86. The van der Waals surface area contributed by atoms with Crippen LogP contribution < -0.4 is 11.5 Å². The van der Waals surface area contributed by atoms with E-state index in [2.05, 4.69) is 15.1 Å². The average Bonchev–Trinajstić information content (AvgIpc) is 3.35. The highest BCUT2D eigenvalue weighted by Gasteiger charge is 2.35. The zero-order chi connectivity index (χ0) is 17.6. The second-order valence-electron chi connectivity index (χ2n) is 7.66. The SMILES string of the molecule is Cn1ncc(-c2nc(C3(N)CCC(N)CC3)ncc2F)c1CC1CC1. The van der Waals surface area contributed by atoms with Crippen molar-refractivity contribution in [2.45, 2.75) is 56.5 Å². The molecule has 6 nitrogen and oxygen atoms in total. The van der Waals surface area contributed by atoms with Crippen molar-refractivity contribution >= 4 is 0 Å². The van der Waals surface area contributed by atoms with Gasteiger partial charge in [-0.1, -0.05) is 0 Å². The summed E-state index contributed by atoms with van der Waals surface area (Å²) in [4.78, 5) is 8.77. The van der Waals surface area contributed by atoms with Crippen LogP contribution in [-0.4, -0.2) is 25.8 Å². The maximum atomic E-state index is 14.5. The summed E-state index contributed by atoms with van der Waals surface area (Å²) in [5, 5.41) is 4.33. The van der Waals surface area contributed by atoms with E-state index in [1.54, 1.807) is 6.20 Å². The first kappa shape index (κ1) is 16.6. The van der Waals surface area contributed by atoms with Gasteiger partial charge in [0.15, 0.2) is 5.82 Å². The normalized spacial score (nSPS) is 26.8. The zero-order valence-corrected chi connectivity index (χ0v) is 14.6. The van der Waals surface area contributed by atoms with Crippen LogP contribution >= 0.6 is 0 Å². The van der Waals surface area contributed by atoms with Crippen LogP contribution in [0.2, 0.25) is 0 Å². The molecular weight excluding hydrogens is 319 g/mol. The Morgan fingerprint density at radius 3 is 2.64 bits per heavy atom. The van der Waals surface area contributed by atoms with Gasteiger partial charge in [-0.3, -0.25) is 4.68 Å². The van der Waals surface area contributed by atoms with Crippen molar-refractivity contribution in [2.75, 3.05) is 0 Å². The molecule has 2 aliphatic carbocycles. The summed E-state index contributed by atoms with van der Waals surface area (Å²) in [6.45, 7) is 0. The standard InChI is InChI=1S/C18H25FN6/c1-25-15(8-11-2-3-11)13(9-23-25)16-14(19)10-22-17(24-16)18(21)6-4-12(20)5-7-18/h9-12H,2-8,20-21H2,1H3. The smallest absolute Gasteiger partial charge is 0.167 e. The fourth-order valence-electron chi connectivity index (χ4n) is 3.67. The largest absolute Gasteiger partial charge is 0.328 e. The van der Waals surface area contributed by atoms with Gasteiger partial charge >= 0.3 is 0 Å². The van der Waals surface area contributed by atoms with Crippen molar-refractivity contribution in [1.82, 2.24) is 19.7 Å². The van der Waals surface area contributed by atoms with Crippen LogP contribution in [-0.2, 0) is 19.0 Å². The summed E-state index contributed by atoms with van der Waals surface area (Å²) in [5.41, 5.74) is 14.0. The number of aromatic nitrogens is 4. The Bertz CT molecular complexity index is 774. The first-order chi connectivity index (χ1) is 12.0. The molecule has 2 fully saturated rings. The molecule has 25 heavy (non-hydrogen) atoms. The van der Waals surface area contributed by atoms with Gasteiger partial charge in [-0.05, 0) is 50.9 Å². The Morgan fingerprint density at radius 1 is 1.24 bits per heavy atom. The van der Waals surface area contributed by atoms with Gasteiger partial charge in [-0.15, -0.1) is 0 Å². The number of hydrogen-bond acceptors (Lipinski definition) is 5. The highest BCUT2D eigenvalue weighted by atomic mass is 19.1. The predicted molar refractivity (Wildman–Crippen MR) is 92.9 cm³/mol. The maximum absolute atomic E-state index is 14.5. The molecule has 2 heterocycles. The van der Waals surface area contributed by atoms with E-state index in [0.717, 1.165) is 43.4 Å². The van der Waals surface area contributed by atoms with Gasteiger partial charge < -0.3 is 11.5 Å². The summed E-state index contributed by atoms with van der Waals surface area (Å²) in [7, 11) is 1.90. The number of nitrogens with two attached hydrogens (primary N) is 2. The van der Waals surface area contributed by atoms with Crippen LogP contribution in [0, 0.1) is 11.7 Å². The van der Waals surface area contributed by atoms with Gasteiger partial charge in [0.2, 0.25) is 0 Å². The van der Waals surface area contributed by atoms with Gasteiger partial charge in [0.05, 0.1) is 17.9 Å². The monoisotopic (exact) mass is 344 g/mol. The minimum atomic E-state index is -0.628. The summed E-state index contributed by atoms with van der Waals surface area (Å²) < 4.78 is 16.4. The topological polar surface area (TPSA) is 95.6 Å². The van der Waals surface area contributed by atoms with E-state index in [1.807, 2.05) is 11.7 Å². The quantitative estimate of drug-likeness (QED) is 0.885. The summed E-state index contributed by atoms with van der Waals surface area (Å²) in [5.74, 6) is 0.765. The molecule has 0 aromatic carbocycles. The Labute approximate surface area is 146 Å². The number of nitrogens with zero attached hydrogens (tertiary/aromatic N) is 4. The van der Waals surface area contributed by atoms with Crippen LogP contribution in [0.25, 0.3) is 11.3 Å². The van der Waals surface area contributed by atoms with Crippen molar-refractivity contribution in [3.8, 4) is 11.3 Å². The third-order valence-electron chi connectivity index (χ3n) is 5.61. The molecule has 2 aliphatic rings. The second-order valence-corrected chi connectivity index (χ2v) is 7.66. The molecule has 0 bridgehead atoms. The number of hydrogen-bond donors (Lipinski definition) is 2. The molecule has 4 N–H and O–H groups in total. The Kier molecular flexibility index (Phi) is 4.08. The summed E-state index contributed by atoms with van der Waals surface area (Å²) in [6.07, 6.45) is 9.44. The second kappa shape index (κ2) is 6.14. The summed E-state index contributed by atoms with van der Waals surface area (Å²) >= 11 is 0. The van der Waals surface area contributed by atoms with E-state index in [1.165, 1.54) is 19.0 Å². The van der Waals surface area contributed by atoms with E-state index in [0.29, 0.717) is 17.4 Å². The zero-order valence-electron chi connectivity index (χ0n) is 14.6. The molecule has 2 aromatic heterocycles. The van der Waals surface area contributed by atoms with Crippen molar-refractivity contribution in [1.29, 1.82) is 0 Å². The fourth-order valence-corrected chi connectivity index (χ4v) is 3.67. The lowest BCUT2D eigenvalue weighted by molar-refractivity contribution is 0.264. The molecule has 7 heteroatoms.